The van der Waals surface area contributed by atoms with Crippen molar-refractivity contribution >= 4 is 36.7 Å². The number of hydrogen-bond acceptors (Lipinski definition) is 4. The highest BCUT2D eigenvalue weighted by Gasteiger charge is 2.36. The monoisotopic (exact) mass is 490 g/mol. The van der Waals surface area contributed by atoms with Gasteiger partial charge in [-0.3, -0.25) is 14.4 Å². The fourth-order valence-corrected chi connectivity index (χ4v) is 5.79. The van der Waals surface area contributed by atoms with Crippen LogP contribution in [0.1, 0.15) is 30.0 Å². The number of rotatable bonds is 7. The molecule has 0 unspecified atom stereocenters. The van der Waals surface area contributed by atoms with Crippen LogP contribution in [0, 0.1) is 11.6 Å². The van der Waals surface area contributed by atoms with E-state index in [0.717, 1.165) is 17.7 Å². The van der Waals surface area contributed by atoms with Gasteiger partial charge in [0.2, 0.25) is 5.91 Å². The first-order chi connectivity index (χ1) is 15.9. The molecular weight excluding hydrogens is 462 g/mol. The fraction of sp³-hybridized carbons (Fsp3) is 0.375. The number of hydrogen-bond donors (Lipinski definition) is 2. The van der Waals surface area contributed by atoms with Crippen molar-refractivity contribution in [3.05, 3.63) is 53.1 Å². The second-order valence-electron chi connectivity index (χ2n) is 9.25. The van der Waals surface area contributed by atoms with Crippen molar-refractivity contribution in [2.45, 2.75) is 44.9 Å². The molecule has 0 spiro atoms. The minimum absolute atomic E-state index is 0.0473. The van der Waals surface area contributed by atoms with Crippen molar-refractivity contribution in [3.63, 3.8) is 0 Å². The van der Waals surface area contributed by atoms with Crippen LogP contribution in [0.2, 0.25) is 19.6 Å². The van der Waals surface area contributed by atoms with Crippen LogP contribution >= 0.6 is 0 Å². The molecule has 2 aromatic rings. The molecule has 1 heterocycles. The van der Waals surface area contributed by atoms with E-state index in [1.807, 2.05) is 19.6 Å². The molecule has 2 aromatic carbocycles. The third kappa shape index (κ3) is 5.44. The lowest BCUT2D eigenvalue weighted by Crippen LogP contribution is -2.45. The van der Waals surface area contributed by atoms with E-state index in [0.29, 0.717) is 17.7 Å². The van der Waals surface area contributed by atoms with Gasteiger partial charge < -0.3 is 20.1 Å². The third-order valence-electron chi connectivity index (χ3n) is 5.76. The number of amides is 2. The number of benzene rings is 2. The van der Waals surface area contributed by atoms with E-state index >= 15 is 0 Å². The largest absolute Gasteiger partial charge is 0.497 e. The smallest absolute Gasteiger partial charge is 0.303 e. The van der Waals surface area contributed by atoms with Crippen LogP contribution < -0.4 is 15.2 Å². The Morgan fingerprint density at radius 2 is 1.76 bits per heavy atom. The van der Waals surface area contributed by atoms with Crippen molar-refractivity contribution in [2.75, 3.05) is 19.0 Å². The molecule has 2 N–H and O–H groups in total. The van der Waals surface area contributed by atoms with Crippen molar-refractivity contribution in [1.82, 2.24) is 4.90 Å². The number of carboxylic acid groups (broad SMARTS) is 1. The molecule has 10 heteroatoms. The van der Waals surface area contributed by atoms with Crippen LogP contribution in [-0.2, 0) is 20.8 Å². The summed E-state index contributed by atoms with van der Waals surface area (Å²) in [4.78, 5) is 38.4. The average molecular weight is 491 g/mol. The van der Waals surface area contributed by atoms with E-state index in [-0.39, 0.29) is 30.3 Å². The second kappa shape index (κ2) is 9.92. The van der Waals surface area contributed by atoms with E-state index in [1.165, 1.54) is 12.0 Å². The van der Waals surface area contributed by atoms with E-state index in [4.69, 9.17) is 9.84 Å². The van der Waals surface area contributed by atoms with Gasteiger partial charge in [-0.25, -0.2) is 8.78 Å². The van der Waals surface area contributed by atoms with Crippen LogP contribution in [0.15, 0.2) is 30.3 Å². The maximum Gasteiger partial charge on any atom is 0.303 e. The average Bonchev–Trinajstić information content (AvgIpc) is 2.74. The summed E-state index contributed by atoms with van der Waals surface area (Å²) in [5.74, 6) is -3.11. The number of fused-ring (bicyclic) bond motifs is 1. The molecular formula is C24H28F2N2O5Si. The summed E-state index contributed by atoms with van der Waals surface area (Å²) in [7, 11) is -0.776. The summed E-state index contributed by atoms with van der Waals surface area (Å²) in [6, 6.07) is 6.19. The van der Waals surface area contributed by atoms with E-state index in [2.05, 4.69) is 5.32 Å². The Kier molecular flexibility index (Phi) is 7.40. The lowest BCUT2D eigenvalue weighted by molar-refractivity contribution is -0.143. The Bertz CT molecular complexity index is 1110. The van der Waals surface area contributed by atoms with Gasteiger partial charge in [-0.05, 0) is 41.8 Å². The van der Waals surface area contributed by atoms with Crippen LogP contribution in [0.3, 0.4) is 0 Å². The van der Waals surface area contributed by atoms with E-state index < -0.39 is 43.5 Å². The van der Waals surface area contributed by atoms with Crippen molar-refractivity contribution in [1.29, 1.82) is 0 Å². The van der Waals surface area contributed by atoms with Gasteiger partial charge in [0.1, 0.15) is 23.4 Å². The summed E-state index contributed by atoms with van der Waals surface area (Å²) >= 11 is 0. The zero-order valence-electron chi connectivity index (χ0n) is 19.6. The van der Waals surface area contributed by atoms with Gasteiger partial charge in [-0.1, -0.05) is 25.7 Å². The van der Waals surface area contributed by atoms with Gasteiger partial charge in [-0.2, -0.15) is 0 Å². The molecule has 7 nitrogen and oxygen atoms in total. The summed E-state index contributed by atoms with van der Waals surface area (Å²) in [5.41, 5.74) is 1.29. The molecule has 182 valence electrons. The molecule has 0 aromatic heterocycles. The quantitative estimate of drug-likeness (QED) is 0.580. The van der Waals surface area contributed by atoms with Crippen LogP contribution in [0.4, 0.5) is 14.5 Å². The first kappa shape index (κ1) is 25.4. The number of halogens is 2. The standard InChI is InChI=1S/C24H28F2N2O5Si/c1-33-16-5-6-17-14(11-16)9-10-28(20(29)7-8-21(30)31)22(17)24(32)27-15-12-18(25)23(19(26)13-15)34(2,3)4/h5-6,11-13,22H,7-10H2,1-4H3,(H,27,32)(H,30,31)/t22-/m1/s1. The summed E-state index contributed by atoms with van der Waals surface area (Å²) < 4.78 is 34.7. The Hall–Kier alpha value is -3.27. The number of nitrogens with zero attached hydrogens (tertiary/aromatic N) is 1. The highest BCUT2D eigenvalue weighted by molar-refractivity contribution is 6.88. The SMILES string of the molecule is COc1ccc2c(c1)CCN(C(=O)CCC(=O)O)[C@H]2C(=O)Nc1cc(F)c([Si](C)(C)C)c(F)c1. The van der Waals surface area contributed by atoms with Gasteiger partial charge in [0.05, 0.1) is 21.6 Å². The molecule has 0 saturated carbocycles. The number of carbonyl (C=O) groups is 3. The predicted octanol–water partition coefficient (Wildman–Crippen LogP) is 3.45. The van der Waals surface area contributed by atoms with Crippen LogP contribution in [0.5, 0.6) is 5.75 Å². The van der Waals surface area contributed by atoms with Crippen molar-refractivity contribution in [2.24, 2.45) is 0 Å². The lowest BCUT2D eigenvalue weighted by atomic mass is 9.91. The molecule has 1 aliphatic rings. The zero-order valence-corrected chi connectivity index (χ0v) is 20.6. The van der Waals surface area contributed by atoms with Crippen LogP contribution in [0.25, 0.3) is 0 Å². The molecule has 0 saturated heterocycles. The van der Waals surface area contributed by atoms with Gasteiger partial charge in [-0.15, -0.1) is 0 Å². The van der Waals surface area contributed by atoms with Gasteiger partial charge >= 0.3 is 5.97 Å². The van der Waals surface area contributed by atoms with E-state index in [9.17, 15) is 23.2 Å². The molecule has 2 amide bonds. The molecule has 34 heavy (non-hydrogen) atoms. The van der Waals surface area contributed by atoms with Gasteiger partial charge in [0, 0.05) is 23.8 Å². The van der Waals surface area contributed by atoms with Gasteiger partial charge in [0.15, 0.2) is 0 Å². The normalized spacial score (nSPS) is 15.5. The first-order valence-electron chi connectivity index (χ1n) is 10.9. The molecule has 0 bridgehead atoms. The first-order valence-corrected chi connectivity index (χ1v) is 14.4. The number of methoxy groups -OCH3 is 1. The number of nitrogens with one attached hydrogen (secondary N) is 1. The summed E-state index contributed by atoms with van der Waals surface area (Å²) in [6.07, 6.45) is -0.185. The molecule has 0 fully saturated rings. The Morgan fingerprint density at radius 3 is 2.32 bits per heavy atom. The maximum absolute atomic E-state index is 14.7. The minimum Gasteiger partial charge on any atom is -0.497 e. The molecule has 1 aliphatic heterocycles. The Balaban J connectivity index is 1.96. The van der Waals surface area contributed by atoms with Crippen molar-refractivity contribution < 1.29 is 33.0 Å². The highest BCUT2D eigenvalue weighted by atomic mass is 28.3. The summed E-state index contributed by atoms with van der Waals surface area (Å²) in [6.45, 7) is 5.65. The lowest BCUT2D eigenvalue weighted by Gasteiger charge is -2.36. The third-order valence-corrected chi connectivity index (χ3v) is 7.74. The summed E-state index contributed by atoms with van der Waals surface area (Å²) in [5, 5.41) is 11.5. The van der Waals surface area contributed by atoms with E-state index in [1.54, 1.807) is 18.2 Å². The Morgan fingerprint density at radius 1 is 1.12 bits per heavy atom. The van der Waals surface area contributed by atoms with Gasteiger partial charge in [0.25, 0.3) is 5.91 Å². The predicted molar refractivity (Wildman–Crippen MR) is 126 cm³/mol. The molecule has 0 radical (unpaired) electrons. The fourth-order valence-electron chi connectivity index (χ4n) is 4.21. The number of anilines is 1. The number of carboxylic acids is 1. The number of carbonyl (C=O) groups excluding carboxylic acids is 2. The molecule has 1 atom stereocenters. The highest BCUT2D eigenvalue weighted by Crippen LogP contribution is 2.34. The zero-order chi connectivity index (χ0) is 25.2. The van der Waals surface area contributed by atoms with Crippen molar-refractivity contribution in [3.8, 4) is 5.75 Å². The van der Waals surface area contributed by atoms with Crippen LogP contribution in [-0.4, -0.2) is 49.5 Å². The Labute approximate surface area is 197 Å². The number of aliphatic carboxylic acids is 1. The molecule has 3 rings (SSSR count). The topological polar surface area (TPSA) is 95.9 Å². The minimum atomic E-state index is -2.29. The maximum atomic E-state index is 14.7. The second-order valence-corrected chi connectivity index (χ2v) is 14.3. The molecule has 0 aliphatic carbocycles. The number of ether oxygens (including phenoxy) is 1.